The Morgan fingerprint density at radius 2 is 1.74 bits per heavy atom. The molecular weight excluding hydrogens is 253 g/mol. The van der Waals surface area contributed by atoms with Gasteiger partial charge in [0.15, 0.2) is 5.69 Å². The van der Waals surface area contributed by atoms with Crippen molar-refractivity contribution >= 4 is 23.3 Å². The van der Waals surface area contributed by atoms with Gasteiger partial charge in [0.1, 0.15) is 13.7 Å². The van der Waals surface area contributed by atoms with E-state index in [0.29, 0.717) is 0 Å². The van der Waals surface area contributed by atoms with Crippen LogP contribution in [0.5, 0.6) is 0 Å². The van der Waals surface area contributed by atoms with Crippen molar-refractivity contribution in [2.75, 3.05) is 12.3 Å². The highest BCUT2D eigenvalue weighted by molar-refractivity contribution is 7.71. The number of fused-ring (bicyclic) bond motifs is 1. The number of hydrogen-bond donors (Lipinski definition) is 0. The molecule has 0 spiro atoms. The van der Waals surface area contributed by atoms with Gasteiger partial charge in [0, 0.05) is 42.1 Å². The second kappa shape index (κ2) is 5.46. The van der Waals surface area contributed by atoms with E-state index in [1.165, 1.54) is 16.6 Å². The summed E-state index contributed by atoms with van der Waals surface area (Å²) in [6.07, 6.45) is 1.49. The Hall–Kier alpha value is -1.14. The van der Waals surface area contributed by atoms with Gasteiger partial charge >= 0.3 is 0 Å². The Morgan fingerprint density at radius 1 is 1.05 bits per heavy atom. The van der Waals surface area contributed by atoms with Crippen molar-refractivity contribution in [3.63, 3.8) is 0 Å². The number of aryl methyl sites for hydroxylation is 2. The molecule has 2 nitrogen and oxygen atoms in total. The summed E-state index contributed by atoms with van der Waals surface area (Å²) >= 11 is 0. The maximum absolute atomic E-state index is 12.8. The summed E-state index contributed by atoms with van der Waals surface area (Å²) in [7, 11) is -2.18. The van der Waals surface area contributed by atoms with Gasteiger partial charge in [0.05, 0.1) is 0 Å². The second-order valence-corrected chi connectivity index (χ2v) is 8.54. The summed E-state index contributed by atoms with van der Waals surface area (Å²) in [5.41, 5.74) is 2.49. The average Bonchev–Trinajstić information content (AvgIpc) is 2.45. The first-order valence-electron chi connectivity index (χ1n) is 7.07. The van der Waals surface area contributed by atoms with Gasteiger partial charge in [-0.1, -0.05) is 13.8 Å². The maximum Gasteiger partial charge on any atom is 0.212 e. The van der Waals surface area contributed by atoms with Crippen LogP contribution in [0.1, 0.15) is 26.5 Å². The van der Waals surface area contributed by atoms with Gasteiger partial charge in [-0.15, -0.1) is 0 Å². The summed E-state index contributed by atoms with van der Waals surface area (Å²) in [4.78, 5) is 0. The van der Waals surface area contributed by atoms with Crippen molar-refractivity contribution in [1.82, 2.24) is 0 Å². The van der Waals surface area contributed by atoms with E-state index in [4.69, 9.17) is 0 Å². The van der Waals surface area contributed by atoms with Crippen LogP contribution in [-0.4, -0.2) is 12.3 Å². The summed E-state index contributed by atoms with van der Waals surface area (Å²) < 4.78 is 15.1. The zero-order valence-electron chi connectivity index (χ0n) is 12.3. The van der Waals surface area contributed by atoms with Crippen molar-refractivity contribution in [3.05, 3.63) is 36.0 Å². The third-order valence-corrected chi connectivity index (χ3v) is 7.30. The first-order chi connectivity index (χ1) is 9.05. The number of hydrogen-bond acceptors (Lipinski definition) is 1. The average molecular weight is 276 g/mol. The summed E-state index contributed by atoms with van der Waals surface area (Å²) in [6, 6.07) is 10.6. The SMILES string of the molecule is CC[n+]1c(C)ccc2cc(P(=O)(CC)CC)ccc21. The molecule has 0 saturated heterocycles. The monoisotopic (exact) mass is 276 g/mol. The number of aromatic nitrogens is 1. The van der Waals surface area contributed by atoms with Crippen molar-refractivity contribution in [2.24, 2.45) is 0 Å². The van der Waals surface area contributed by atoms with Gasteiger partial charge in [-0.05, 0) is 25.1 Å². The molecule has 1 heterocycles. The molecule has 0 fully saturated rings. The lowest BCUT2D eigenvalue weighted by molar-refractivity contribution is -0.673. The summed E-state index contributed by atoms with van der Waals surface area (Å²) in [6.45, 7) is 9.29. The van der Waals surface area contributed by atoms with E-state index in [9.17, 15) is 4.57 Å². The third-order valence-electron chi connectivity index (χ3n) is 4.04. The molecule has 2 rings (SSSR count). The van der Waals surface area contributed by atoms with Gasteiger partial charge in [0.25, 0.3) is 0 Å². The molecule has 0 amide bonds. The molecule has 1 aromatic carbocycles. The second-order valence-electron chi connectivity index (χ2n) is 4.98. The zero-order chi connectivity index (χ0) is 14.0. The fourth-order valence-corrected chi connectivity index (χ4v) is 4.57. The van der Waals surface area contributed by atoms with Crippen LogP contribution >= 0.6 is 7.14 Å². The van der Waals surface area contributed by atoms with Crippen molar-refractivity contribution in [2.45, 2.75) is 34.2 Å². The molecular formula is C16H23NOP+. The minimum absolute atomic E-state index is 0.745. The van der Waals surface area contributed by atoms with Crippen LogP contribution in [0.4, 0.5) is 0 Å². The quantitative estimate of drug-likeness (QED) is 0.618. The van der Waals surface area contributed by atoms with E-state index in [0.717, 1.165) is 24.2 Å². The largest absolute Gasteiger partial charge is 0.319 e. The normalized spacial score (nSPS) is 12.0. The van der Waals surface area contributed by atoms with Crippen LogP contribution in [0.2, 0.25) is 0 Å². The van der Waals surface area contributed by atoms with Crippen LogP contribution in [-0.2, 0) is 11.1 Å². The lowest BCUT2D eigenvalue weighted by Gasteiger charge is -2.15. The van der Waals surface area contributed by atoms with Crippen molar-refractivity contribution < 1.29 is 9.13 Å². The molecule has 3 heteroatoms. The molecule has 0 bridgehead atoms. The number of rotatable bonds is 4. The highest BCUT2D eigenvalue weighted by Gasteiger charge is 2.21. The van der Waals surface area contributed by atoms with Gasteiger partial charge < -0.3 is 4.57 Å². The number of benzene rings is 1. The zero-order valence-corrected chi connectivity index (χ0v) is 13.2. The number of nitrogens with zero attached hydrogens (tertiary/aromatic N) is 1. The molecule has 0 saturated carbocycles. The van der Waals surface area contributed by atoms with Gasteiger partial charge in [-0.2, -0.15) is 4.57 Å². The summed E-state index contributed by atoms with van der Waals surface area (Å²) in [5.74, 6) is 0. The Kier molecular flexibility index (Phi) is 4.10. The van der Waals surface area contributed by atoms with Crippen molar-refractivity contribution in [1.29, 1.82) is 0 Å². The Balaban J connectivity index is 2.66. The van der Waals surface area contributed by atoms with E-state index < -0.39 is 7.14 Å². The smallest absolute Gasteiger partial charge is 0.212 e. The molecule has 0 unspecified atom stereocenters. The van der Waals surface area contributed by atoms with Crippen LogP contribution in [0.3, 0.4) is 0 Å². The molecule has 0 N–H and O–H groups in total. The van der Waals surface area contributed by atoms with Crippen LogP contribution in [0, 0.1) is 6.92 Å². The van der Waals surface area contributed by atoms with Crippen LogP contribution in [0.25, 0.3) is 10.9 Å². The highest BCUT2D eigenvalue weighted by Crippen LogP contribution is 2.43. The van der Waals surface area contributed by atoms with Crippen molar-refractivity contribution in [3.8, 4) is 0 Å². The predicted octanol–water partition coefficient (Wildman–Crippen LogP) is 3.48. The molecule has 2 aromatic rings. The van der Waals surface area contributed by atoms with E-state index in [-0.39, 0.29) is 0 Å². The molecule has 0 aliphatic heterocycles. The van der Waals surface area contributed by atoms with Gasteiger partial charge in [0.2, 0.25) is 5.52 Å². The van der Waals surface area contributed by atoms with E-state index in [1.54, 1.807) is 0 Å². The standard InChI is InChI=1S/C16H23NOP/c1-5-17-13(4)8-9-14-12-15(10-11-16(14)17)19(18,6-2)7-3/h8-12H,5-7H2,1-4H3/q+1. The van der Waals surface area contributed by atoms with E-state index >= 15 is 0 Å². The predicted molar refractivity (Wildman–Crippen MR) is 82.9 cm³/mol. The van der Waals surface area contributed by atoms with E-state index in [1.807, 2.05) is 13.8 Å². The third kappa shape index (κ3) is 2.47. The maximum atomic E-state index is 12.8. The van der Waals surface area contributed by atoms with Gasteiger partial charge in [-0.3, -0.25) is 0 Å². The number of pyridine rings is 1. The molecule has 0 radical (unpaired) electrons. The Morgan fingerprint density at radius 3 is 2.32 bits per heavy atom. The lowest BCUT2D eigenvalue weighted by atomic mass is 10.2. The molecule has 0 aliphatic carbocycles. The minimum atomic E-state index is -2.18. The molecule has 0 aliphatic rings. The van der Waals surface area contributed by atoms with Gasteiger partial charge in [-0.25, -0.2) is 0 Å². The van der Waals surface area contributed by atoms with Crippen LogP contribution < -0.4 is 9.87 Å². The topological polar surface area (TPSA) is 20.9 Å². The highest BCUT2D eigenvalue weighted by atomic mass is 31.2. The summed E-state index contributed by atoms with van der Waals surface area (Å²) in [5, 5.41) is 2.21. The first kappa shape index (κ1) is 14.3. The van der Waals surface area contributed by atoms with E-state index in [2.05, 4.69) is 48.7 Å². The lowest BCUT2D eigenvalue weighted by Crippen LogP contribution is -2.36. The first-order valence-corrected chi connectivity index (χ1v) is 9.15. The fourth-order valence-electron chi connectivity index (χ4n) is 2.67. The van der Waals surface area contributed by atoms with Crippen LogP contribution in [0.15, 0.2) is 30.3 Å². The molecule has 1 aromatic heterocycles. The molecule has 102 valence electrons. The Bertz CT molecular complexity index is 640. The molecule has 19 heavy (non-hydrogen) atoms. The fraction of sp³-hybridized carbons (Fsp3) is 0.438. The minimum Gasteiger partial charge on any atom is -0.319 e. The molecule has 0 atom stereocenters. The Labute approximate surface area is 115 Å².